The van der Waals surface area contributed by atoms with E-state index in [1.807, 2.05) is 0 Å². The molecule has 176 valence electrons. The van der Waals surface area contributed by atoms with Crippen LogP contribution in [0.2, 0.25) is 0 Å². The maximum absolute atomic E-state index is 12.5. The van der Waals surface area contributed by atoms with Crippen LogP contribution in [-0.4, -0.2) is 39.9 Å². The Morgan fingerprint density at radius 1 is 1.27 bits per heavy atom. The van der Waals surface area contributed by atoms with Gasteiger partial charge in [-0.15, -0.1) is 24.5 Å². The Hall–Kier alpha value is -2.53. The number of fused-ring (bicyclic) bond motifs is 3. The molecule has 2 heterocycles. The Kier molecular flexibility index (Phi) is 6.99. The number of alkyl halides is 3. The van der Waals surface area contributed by atoms with E-state index in [2.05, 4.69) is 14.7 Å². The fourth-order valence-corrected chi connectivity index (χ4v) is 5.87. The molecule has 0 unspecified atom stereocenters. The molecule has 0 atom stereocenters. The molecular formula is C22H22F3N3O3S2. The van der Waals surface area contributed by atoms with E-state index in [0.29, 0.717) is 29.3 Å². The SMILES string of the molecule is CN(Cc1ccc(OC(F)(F)F)cc1)C(=O)CCSCc1nc2sc3c(c2c(=O)[nH]1)CCC3. The monoisotopic (exact) mass is 497 g/mol. The van der Waals surface area contributed by atoms with Crippen LogP contribution in [0.5, 0.6) is 5.75 Å². The molecule has 0 bridgehead atoms. The lowest BCUT2D eigenvalue weighted by Crippen LogP contribution is -2.26. The molecule has 33 heavy (non-hydrogen) atoms. The van der Waals surface area contributed by atoms with Gasteiger partial charge in [-0.2, -0.15) is 11.8 Å². The van der Waals surface area contributed by atoms with Crippen LogP contribution in [0.3, 0.4) is 0 Å². The molecule has 11 heteroatoms. The summed E-state index contributed by atoms with van der Waals surface area (Å²) in [4.78, 5) is 35.9. The van der Waals surface area contributed by atoms with Gasteiger partial charge in [0, 0.05) is 30.6 Å². The number of aromatic amines is 1. The Morgan fingerprint density at radius 3 is 2.76 bits per heavy atom. The highest BCUT2D eigenvalue weighted by molar-refractivity contribution is 7.98. The number of carbonyl (C=O) groups is 1. The number of halogens is 3. The van der Waals surface area contributed by atoms with Gasteiger partial charge in [0.25, 0.3) is 5.56 Å². The van der Waals surface area contributed by atoms with Gasteiger partial charge in [0.2, 0.25) is 5.91 Å². The van der Waals surface area contributed by atoms with Crippen molar-refractivity contribution in [2.24, 2.45) is 0 Å². The van der Waals surface area contributed by atoms with Crippen LogP contribution in [0, 0.1) is 0 Å². The van der Waals surface area contributed by atoms with Crippen LogP contribution in [0.15, 0.2) is 29.1 Å². The molecule has 1 amide bonds. The van der Waals surface area contributed by atoms with Crippen LogP contribution in [0.1, 0.15) is 34.7 Å². The summed E-state index contributed by atoms with van der Waals surface area (Å²) in [5, 5.41) is 0.732. The molecule has 0 aliphatic heterocycles. The van der Waals surface area contributed by atoms with Crippen LogP contribution >= 0.6 is 23.1 Å². The first-order valence-electron chi connectivity index (χ1n) is 10.4. The van der Waals surface area contributed by atoms with E-state index < -0.39 is 6.36 Å². The number of aromatic nitrogens is 2. The molecule has 3 aromatic rings. The largest absolute Gasteiger partial charge is 0.573 e. The lowest BCUT2D eigenvalue weighted by molar-refractivity contribution is -0.274. The number of thiophene rings is 1. The van der Waals surface area contributed by atoms with E-state index in [0.717, 1.165) is 35.0 Å². The molecular weight excluding hydrogens is 475 g/mol. The van der Waals surface area contributed by atoms with Crippen molar-refractivity contribution >= 4 is 39.2 Å². The number of nitrogens with zero attached hydrogens (tertiary/aromatic N) is 2. The quantitative estimate of drug-likeness (QED) is 0.459. The zero-order chi connectivity index (χ0) is 23.6. The number of benzene rings is 1. The predicted octanol–water partition coefficient (Wildman–Crippen LogP) is 4.65. The summed E-state index contributed by atoms with van der Waals surface area (Å²) in [6.07, 6.45) is -1.38. The van der Waals surface area contributed by atoms with E-state index >= 15 is 0 Å². The molecule has 2 aromatic heterocycles. The van der Waals surface area contributed by atoms with Gasteiger partial charge in [0.15, 0.2) is 0 Å². The van der Waals surface area contributed by atoms with Gasteiger partial charge in [0.1, 0.15) is 16.4 Å². The molecule has 1 aromatic carbocycles. The van der Waals surface area contributed by atoms with Gasteiger partial charge in [0.05, 0.1) is 11.1 Å². The summed E-state index contributed by atoms with van der Waals surface area (Å²) in [6, 6.07) is 5.45. The second kappa shape index (κ2) is 9.76. The van der Waals surface area contributed by atoms with Crippen molar-refractivity contribution in [2.45, 2.75) is 44.3 Å². The van der Waals surface area contributed by atoms with Crippen molar-refractivity contribution in [3.8, 4) is 5.75 Å². The molecule has 1 aliphatic carbocycles. The topological polar surface area (TPSA) is 75.3 Å². The molecule has 4 rings (SSSR count). The van der Waals surface area contributed by atoms with Gasteiger partial charge >= 0.3 is 6.36 Å². The second-order valence-corrected chi connectivity index (χ2v) is 9.98. The van der Waals surface area contributed by atoms with Gasteiger partial charge in [-0.25, -0.2) is 4.98 Å². The van der Waals surface area contributed by atoms with Gasteiger partial charge < -0.3 is 14.6 Å². The molecule has 0 radical (unpaired) electrons. The van der Waals surface area contributed by atoms with Crippen molar-refractivity contribution in [1.29, 1.82) is 0 Å². The van der Waals surface area contributed by atoms with Crippen LogP contribution in [0.4, 0.5) is 13.2 Å². The normalized spacial score (nSPS) is 13.3. The highest BCUT2D eigenvalue weighted by Gasteiger charge is 2.31. The number of ether oxygens (including phenoxy) is 1. The van der Waals surface area contributed by atoms with Gasteiger partial charge in [-0.3, -0.25) is 9.59 Å². The van der Waals surface area contributed by atoms with Crippen LogP contribution in [-0.2, 0) is 29.9 Å². The number of carbonyl (C=O) groups excluding carboxylic acids is 1. The number of H-pyrrole nitrogens is 1. The highest BCUT2D eigenvalue weighted by atomic mass is 32.2. The fraction of sp³-hybridized carbons (Fsp3) is 0.409. The summed E-state index contributed by atoms with van der Waals surface area (Å²) in [5.74, 6) is 1.30. The van der Waals surface area contributed by atoms with Crippen molar-refractivity contribution in [1.82, 2.24) is 14.9 Å². The van der Waals surface area contributed by atoms with Crippen LogP contribution < -0.4 is 10.3 Å². The minimum Gasteiger partial charge on any atom is -0.406 e. The first-order chi connectivity index (χ1) is 15.7. The number of amides is 1. The first-order valence-corrected chi connectivity index (χ1v) is 12.4. The number of hydrogen-bond donors (Lipinski definition) is 1. The summed E-state index contributed by atoms with van der Waals surface area (Å²) in [7, 11) is 1.65. The summed E-state index contributed by atoms with van der Waals surface area (Å²) in [6.45, 7) is 0.282. The summed E-state index contributed by atoms with van der Waals surface area (Å²) >= 11 is 3.12. The molecule has 0 saturated carbocycles. The third-order valence-electron chi connectivity index (χ3n) is 5.33. The predicted molar refractivity (Wildman–Crippen MR) is 123 cm³/mol. The minimum absolute atomic E-state index is 0.0790. The van der Waals surface area contributed by atoms with Crippen molar-refractivity contribution in [3.05, 3.63) is 56.4 Å². The van der Waals surface area contributed by atoms with E-state index in [-0.39, 0.29) is 23.8 Å². The van der Waals surface area contributed by atoms with Crippen molar-refractivity contribution in [3.63, 3.8) is 0 Å². The van der Waals surface area contributed by atoms with E-state index in [1.165, 1.54) is 45.8 Å². The van der Waals surface area contributed by atoms with E-state index in [1.54, 1.807) is 18.4 Å². The Labute approximate surface area is 196 Å². The van der Waals surface area contributed by atoms with E-state index in [9.17, 15) is 22.8 Å². The summed E-state index contributed by atoms with van der Waals surface area (Å²) < 4.78 is 40.6. The summed E-state index contributed by atoms with van der Waals surface area (Å²) in [5.41, 5.74) is 1.77. The number of rotatable bonds is 8. The zero-order valence-electron chi connectivity index (χ0n) is 17.8. The third-order valence-corrected chi connectivity index (χ3v) is 7.48. The standard InChI is InChI=1S/C22H22F3N3O3S2/c1-28(11-13-5-7-14(8-6-13)31-22(23,24)25)18(29)9-10-32-12-17-26-20(30)19-15-3-2-4-16(15)33-21(19)27-17/h5-8H,2-4,9-12H2,1H3,(H,26,27,30). The minimum atomic E-state index is -4.73. The smallest absolute Gasteiger partial charge is 0.406 e. The van der Waals surface area contributed by atoms with E-state index in [4.69, 9.17) is 0 Å². The average Bonchev–Trinajstić information content (AvgIpc) is 3.32. The second-order valence-electron chi connectivity index (χ2n) is 7.79. The number of hydrogen-bond acceptors (Lipinski definition) is 6. The molecule has 6 nitrogen and oxygen atoms in total. The van der Waals surface area contributed by atoms with Gasteiger partial charge in [-0.1, -0.05) is 12.1 Å². The zero-order valence-corrected chi connectivity index (χ0v) is 19.5. The van der Waals surface area contributed by atoms with Gasteiger partial charge in [-0.05, 0) is 42.5 Å². The number of nitrogens with one attached hydrogen (secondary N) is 1. The van der Waals surface area contributed by atoms with Crippen molar-refractivity contribution in [2.75, 3.05) is 12.8 Å². The highest BCUT2D eigenvalue weighted by Crippen LogP contribution is 2.34. The molecule has 1 N–H and O–H groups in total. The first kappa shape index (κ1) is 23.6. The third kappa shape index (κ3) is 5.89. The fourth-order valence-electron chi connectivity index (χ4n) is 3.79. The van der Waals surface area contributed by atoms with Crippen molar-refractivity contribution < 1.29 is 22.7 Å². The molecule has 0 fully saturated rings. The Morgan fingerprint density at radius 2 is 2.03 bits per heavy atom. The number of thioether (sulfide) groups is 1. The average molecular weight is 498 g/mol. The van der Waals surface area contributed by atoms with Crippen LogP contribution in [0.25, 0.3) is 10.2 Å². The Balaban J connectivity index is 1.24. The molecule has 0 spiro atoms. The lowest BCUT2D eigenvalue weighted by atomic mass is 10.2. The lowest BCUT2D eigenvalue weighted by Gasteiger charge is -2.17. The maximum Gasteiger partial charge on any atom is 0.573 e. The Bertz CT molecular complexity index is 1210. The number of aryl methyl sites for hydroxylation is 2. The maximum atomic E-state index is 12.5. The molecule has 0 saturated heterocycles. The molecule has 1 aliphatic rings.